The van der Waals surface area contributed by atoms with Gasteiger partial charge in [-0.1, -0.05) is 39.7 Å². The summed E-state index contributed by atoms with van der Waals surface area (Å²) in [6.07, 6.45) is 0. The Morgan fingerprint density at radius 2 is 2.05 bits per heavy atom. The first-order chi connectivity index (χ1) is 9.10. The number of aryl methyl sites for hydroxylation is 1. The van der Waals surface area contributed by atoms with Crippen LogP contribution in [0.4, 0.5) is 5.69 Å². The zero-order chi connectivity index (χ0) is 13.8. The third-order valence-corrected chi connectivity index (χ3v) is 3.63. The Labute approximate surface area is 126 Å². The van der Waals surface area contributed by atoms with Crippen LogP contribution in [0.2, 0.25) is 5.02 Å². The smallest absolute Gasteiger partial charge is 0.101 e. The van der Waals surface area contributed by atoms with Gasteiger partial charge in [0.05, 0.1) is 11.3 Å². The van der Waals surface area contributed by atoms with Gasteiger partial charge in [0.15, 0.2) is 0 Å². The molecule has 2 rings (SSSR count). The lowest BCUT2D eigenvalue weighted by molar-refractivity contribution is 1.14. The second-order valence-corrected chi connectivity index (χ2v) is 5.57. The quantitative estimate of drug-likeness (QED) is 0.866. The standard InChI is InChI=1S/C15H12BrClN2/c1-10-2-3-11(14(17)6-10)9-19-15-5-4-13(16)7-12(15)8-18/h2-7,19H,9H2,1H3. The molecule has 2 nitrogen and oxygen atoms in total. The van der Waals surface area contributed by atoms with E-state index in [2.05, 4.69) is 27.3 Å². The van der Waals surface area contributed by atoms with Gasteiger partial charge in [-0.15, -0.1) is 0 Å². The number of rotatable bonds is 3. The van der Waals surface area contributed by atoms with Crippen LogP contribution in [0.3, 0.4) is 0 Å². The van der Waals surface area contributed by atoms with Gasteiger partial charge in [-0.2, -0.15) is 5.26 Å². The summed E-state index contributed by atoms with van der Waals surface area (Å²) in [6.45, 7) is 2.60. The summed E-state index contributed by atoms with van der Waals surface area (Å²) < 4.78 is 0.892. The van der Waals surface area contributed by atoms with Crippen molar-refractivity contribution in [3.05, 3.63) is 62.6 Å². The predicted octanol–water partition coefficient (Wildman–Crippen LogP) is 4.89. The second kappa shape index (κ2) is 6.10. The van der Waals surface area contributed by atoms with Crippen molar-refractivity contribution in [2.24, 2.45) is 0 Å². The van der Waals surface area contributed by atoms with E-state index in [-0.39, 0.29) is 0 Å². The van der Waals surface area contributed by atoms with E-state index in [9.17, 15) is 0 Å². The van der Waals surface area contributed by atoms with Gasteiger partial charge >= 0.3 is 0 Å². The predicted molar refractivity (Wildman–Crippen MR) is 82.4 cm³/mol. The monoisotopic (exact) mass is 334 g/mol. The molecule has 2 aromatic rings. The number of nitriles is 1. The summed E-state index contributed by atoms with van der Waals surface area (Å²) in [4.78, 5) is 0. The summed E-state index contributed by atoms with van der Waals surface area (Å²) in [6, 6.07) is 13.7. The van der Waals surface area contributed by atoms with Crippen LogP contribution < -0.4 is 5.32 Å². The summed E-state index contributed by atoms with van der Waals surface area (Å²) >= 11 is 9.53. The Kier molecular flexibility index (Phi) is 4.47. The molecule has 0 aliphatic rings. The third kappa shape index (κ3) is 3.50. The molecular formula is C15H12BrClN2. The lowest BCUT2D eigenvalue weighted by Gasteiger charge is -2.10. The minimum Gasteiger partial charge on any atom is -0.380 e. The Hall–Kier alpha value is -1.50. The number of halogens is 2. The van der Waals surface area contributed by atoms with E-state index in [4.69, 9.17) is 16.9 Å². The van der Waals surface area contributed by atoms with Crippen LogP contribution in [0.25, 0.3) is 0 Å². The number of nitrogens with one attached hydrogen (secondary N) is 1. The molecule has 2 aromatic carbocycles. The van der Waals surface area contributed by atoms with E-state index in [1.807, 2.05) is 37.3 Å². The molecule has 0 fully saturated rings. The van der Waals surface area contributed by atoms with E-state index in [0.29, 0.717) is 12.1 Å². The SMILES string of the molecule is Cc1ccc(CNc2ccc(Br)cc2C#N)c(Cl)c1. The van der Waals surface area contributed by atoms with E-state index in [1.54, 1.807) is 6.07 Å². The minimum atomic E-state index is 0.593. The van der Waals surface area contributed by atoms with Gasteiger partial charge in [-0.3, -0.25) is 0 Å². The van der Waals surface area contributed by atoms with E-state index in [0.717, 1.165) is 26.3 Å². The maximum atomic E-state index is 9.09. The molecular weight excluding hydrogens is 324 g/mol. The van der Waals surface area contributed by atoms with Crippen LogP contribution in [0, 0.1) is 18.3 Å². The molecule has 1 N–H and O–H groups in total. The molecule has 0 heterocycles. The maximum absolute atomic E-state index is 9.09. The fourth-order valence-corrected chi connectivity index (χ4v) is 2.41. The molecule has 0 saturated carbocycles. The zero-order valence-electron chi connectivity index (χ0n) is 10.4. The first-order valence-electron chi connectivity index (χ1n) is 5.78. The maximum Gasteiger partial charge on any atom is 0.101 e. The average molecular weight is 336 g/mol. The molecule has 0 radical (unpaired) electrons. The Morgan fingerprint density at radius 3 is 2.74 bits per heavy atom. The molecule has 96 valence electrons. The Balaban J connectivity index is 2.17. The number of anilines is 1. The zero-order valence-corrected chi connectivity index (χ0v) is 12.7. The second-order valence-electron chi connectivity index (χ2n) is 4.25. The highest BCUT2D eigenvalue weighted by Crippen LogP contribution is 2.23. The number of hydrogen-bond donors (Lipinski definition) is 1. The first kappa shape index (κ1) is 13.9. The fraction of sp³-hybridized carbons (Fsp3) is 0.133. The lowest BCUT2D eigenvalue weighted by Crippen LogP contribution is -2.02. The van der Waals surface area contributed by atoms with Crippen molar-refractivity contribution >= 4 is 33.2 Å². The van der Waals surface area contributed by atoms with Crippen LogP contribution in [-0.2, 0) is 6.54 Å². The molecule has 0 bridgehead atoms. The minimum absolute atomic E-state index is 0.593. The summed E-state index contributed by atoms with van der Waals surface area (Å²) in [5.41, 5.74) is 3.56. The largest absolute Gasteiger partial charge is 0.380 e. The van der Waals surface area contributed by atoms with Crippen molar-refractivity contribution in [1.29, 1.82) is 5.26 Å². The van der Waals surface area contributed by atoms with E-state index < -0.39 is 0 Å². The van der Waals surface area contributed by atoms with Gasteiger partial charge in [0.2, 0.25) is 0 Å². The van der Waals surface area contributed by atoms with Crippen molar-refractivity contribution in [2.45, 2.75) is 13.5 Å². The van der Waals surface area contributed by atoms with E-state index >= 15 is 0 Å². The lowest BCUT2D eigenvalue weighted by atomic mass is 10.1. The fourth-order valence-electron chi connectivity index (χ4n) is 1.75. The van der Waals surface area contributed by atoms with Crippen molar-refractivity contribution in [3.8, 4) is 6.07 Å². The average Bonchev–Trinajstić information content (AvgIpc) is 2.39. The Morgan fingerprint density at radius 1 is 1.26 bits per heavy atom. The molecule has 4 heteroatoms. The molecule has 0 aliphatic heterocycles. The van der Waals surface area contributed by atoms with Crippen LogP contribution in [0.5, 0.6) is 0 Å². The van der Waals surface area contributed by atoms with Crippen molar-refractivity contribution in [1.82, 2.24) is 0 Å². The van der Waals surface area contributed by atoms with Gasteiger partial charge in [0.1, 0.15) is 6.07 Å². The van der Waals surface area contributed by atoms with Gasteiger partial charge in [-0.05, 0) is 42.3 Å². The van der Waals surface area contributed by atoms with Crippen molar-refractivity contribution in [2.75, 3.05) is 5.32 Å². The summed E-state index contributed by atoms with van der Waals surface area (Å²) in [7, 11) is 0. The molecule has 0 amide bonds. The van der Waals surface area contributed by atoms with Crippen LogP contribution >= 0.6 is 27.5 Å². The van der Waals surface area contributed by atoms with Gasteiger partial charge < -0.3 is 5.32 Å². The third-order valence-electron chi connectivity index (χ3n) is 2.78. The van der Waals surface area contributed by atoms with Crippen molar-refractivity contribution < 1.29 is 0 Å². The van der Waals surface area contributed by atoms with Crippen LogP contribution in [0.1, 0.15) is 16.7 Å². The van der Waals surface area contributed by atoms with Gasteiger partial charge in [-0.25, -0.2) is 0 Å². The first-order valence-corrected chi connectivity index (χ1v) is 6.96. The van der Waals surface area contributed by atoms with Crippen molar-refractivity contribution in [3.63, 3.8) is 0 Å². The Bertz CT molecular complexity index is 647. The van der Waals surface area contributed by atoms with Crippen LogP contribution in [-0.4, -0.2) is 0 Å². The van der Waals surface area contributed by atoms with Gasteiger partial charge in [0, 0.05) is 16.0 Å². The molecule has 0 aromatic heterocycles. The highest BCUT2D eigenvalue weighted by atomic mass is 79.9. The number of hydrogen-bond acceptors (Lipinski definition) is 2. The molecule has 19 heavy (non-hydrogen) atoms. The summed E-state index contributed by atoms with van der Waals surface area (Å²) in [5.74, 6) is 0. The normalized spacial score (nSPS) is 10.0. The molecule has 0 spiro atoms. The topological polar surface area (TPSA) is 35.8 Å². The summed E-state index contributed by atoms with van der Waals surface area (Å²) in [5, 5.41) is 13.1. The number of benzene rings is 2. The van der Waals surface area contributed by atoms with Crippen LogP contribution in [0.15, 0.2) is 40.9 Å². The highest BCUT2D eigenvalue weighted by Gasteiger charge is 2.04. The molecule has 0 atom stereocenters. The molecule has 0 unspecified atom stereocenters. The number of nitrogens with zero attached hydrogens (tertiary/aromatic N) is 1. The van der Waals surface area contributed by atoms with Gasteiger partial charge in [0.25, 0.3) is 0 Å². The van der Waals surface area contributed by atoms with E-state index in [1.165, 1.54) is 0 Å². The molecule has 0 saturated heterocycles. The molecule has 0 aliphatic carbocycles. The highest BCUT2D eigenvalue weighted by molar-refractivity contribution is 9.10.